The van der Waals surface area contributed by atoms with Crippen LogP contribution in [0.1, 0.15) is 24.0 Å². The van der Waals surface area contributed by atoms with Gasteiger partial charge in [0.05, 0.1) is 0 Å². The minimum Gasteiger partial charge on any atom is -0.368 e. The van der Waals surface area contributed by atoms with Gasteiger partial charge in [0.25, 0.3) is 0 Å². The Morgan fingerprint density at radius 3 is 2.11 bits per heavy atom. The normalized spacial score (nSPS) is 19.1. The van der Waals surface area contributed by atoms with E-state index < -0.39 is 12.1 Å². The second kappa shape index (κ2) is 8.01. The van der Waals surface area contributed by atoms with E-state index in [1.165, 1.54) is 16.8 Å². The Kier molecular flexibility index (Phi) is 5.86. The number of likely N-dealkylation sites (tertiary alicyclic amines) is 1. The maximum atomic E-state index is 12.8. The van der Waals surface area contributed by atoms with E-state index in [1.54, 1.807) is 0 Å². The molecule has 3 rings (SSSR count). The number of piperidine rings is 1. The van der Waals surface area contributed by atoms with E-state index in [1.807, 2.05) is 11.0 Å². The molecule has 0 bridgehead atoms. The third-order valence-corrected chi connectivity index (χ3v) is 5.88. The largest absolute Gasteiger partial charge is 0.471 e. The van der Waals surface area contributed by atoms with E-state index in [2.05, 4.69) is 30.9 Å². The zero-order chi connectivity index (χ0) is 20.5. The molecule has 1 aromatic carbocycles. The Hall–Kier alpha value is -2.25. The van der Waals surface area contributed by atoms with Crippen LogP contribution in [0.4, 0.5) is 18.9 Å². The van der Waals surface area contributed by atoms with Crippen molar-refractivity contribution in [1.82, 2.24) is 9.80 Å². The number of amides is 2. The highest BCUT2D eigenvalue weighted by molar-refractivity contribution is 5.83. The van der Waals surface area contributed by atoms with Gasteiger partial charge in [-0.3, -0.25) is 9.59 Å². The van der Waals surface area contributed by atoms with Crippen LogP contribution in [0.25, 0.3) is 0 Å². The summed E-state index contributed by atoms with van der Waals surface area (Å²) in [5.41, 5.74) is 3.66. The number of hydrogen-bond acceptors (Lipinski definition) is 3. The quantitative estimate of drug-likeness (QED) is 0.771. The van der Waals surface area contributed by atoms with E-state index in [0.29, 0.717) is 13.1 Å². The summed E-state index contributed by atoms with van der Waals surface area (Å²) in [6.45, 7) is 6.83. The van der Waals surface area contributed by atoms with Gasteiger partial charge in [-0.1, -0.05) is 12.1 Å². The van der Waals surface area contributed by atoms with E-state index in [9.17, 15) is 22.8 Å². The zero-order valence-corrected chi connectivity index (χ0v) is 16.3. The highest BCUT2D eigenvalue weighted by Crippen LogP contribution is 2.27. The van der Waals surface area contributed by atoms with Gasteiger partial charge >= 0.3 is 12.1 Å². The number of carbonyl (C=O) groups is 2. The number of benzene rings is 1. The topological polar surface area (TPSA) is 43.9 Å². The van der Waals surface area contributed by atoms with Crippen LogP contribution in [0.15, 0.2) is 18.2 Å². The van der Waals surface area contributed by atoms with E-state index in [-0.39, 0.29) is 37.8 Å². The number of alkyl halides is 3. The molecule has 2 fully saturated rings. The molecule has 0 unspecified atom stereocenters. The molecule has 2 saturated heterocycles. The second-order valence-corrected chi connectivity index (χ2v) is 7.60. The molecule has 8 heteroatoms. The molecule has 0 aromatic heterocycles. The third kappa shape index (κ3) is 4.25. The van der Waals surface area contributed by atoms with Gasteiger partial charge in [0.15, 0.2) is 0 Å². The predicted molar refractivity (Wildman–Crippen MR) is 100 cm³/mol. The Balaban J connectivity index is 1.52. The minimum absolute atomic E-state index is 0.000258. The molecule has 0 atom stereocenters. The van der Waals surface area contributed by atoms with Gasteiger partial charge in [0.2, 0.25) is 5.91 Å². The van der Waals surface area contributed by atoms with Crippen LogP contribution < -0.4 is 4.90 Å². The molecule has 154 valence electrons. The van der Waals surface area contributed by atoms with Crippen molar-refractivity contribution in [2.24, 2.45) is 5.92 Å². The Morgan fingerprint density at radius 2 is 1.54 bits per heavy atom. The molecule has 0 spiro atoms. The predicted octanol–water partition coefficient (Wildman–Crippen LogP) is 2.75. The fourth-order valence-corrected chi connectivity index (χ4v) is 4.01. The van der Waals surface area contributed by atoms with Crippen molar-refractivity contribution < 1.29 is 22.8 Å². The summed E-state index contributed by atoms with van der Waals surface area (Å²) in [6.07, 6.45) is -4.27. The van der Waals surface area contributed by atoms with Gasteiger partial charge in [-0.25, -0.2) is 0 Å². The van der Waals surface area contributed by atoms with Crippen molar-refractivity contribution in [3.05, 3.63) is 29.3 Å². The van der Waals surface area contributed by atoms with E-state index in [4.69, 9.17) is 0 Å². The van der Waals surface area contributed by atoms with E-state index in [0.717, 1.165) is 18.0 Å². The Bertz CT molecular complexity index is 735. The lowest BCUT2D eigenvalue weighted by Gasteiger charge is -2.40. The SMILES string of the molecule is Cc1cccc(N2CCN(C(=O)C3CCN(C(=O)C(F)(F)F)CC3)CC2)c1C. The molecule has 5 nitrogen and oxygen atoms in total. The van der Waals surface area contributed by atoms with Crippen LogP contribution >= 0.6 is 0 Å². The van der Waals surface area contributed by atoms with Crippen LogP contribution in [0.3, 0.4) is 0 Å². The van der Waals surface area contributed by atoms with Crippen LogP contribution in [-0.4, -0.2) is 67.1 Å². The van der Waals surface area contributed by atoms with Crippen LogP contribution in [0.2, 0.25) is 0 Å². The number of hydrogen-bond donors (Lipinski definition) is 0. The molecule has 2 heterocycles. The summed E-state index contributed by atoms with van der Waals surface area (Å²) in [5, 5.41) is 0. The van der Waals surface area contributed by atoms with Crippen molar-refractivity contribution in [3.8, 4) is 0 Å². The van der Waals surface area contributed by atoms with Crippen molar-refractivity contribution in [3.63, 3.8) is 0 Å². The number of halogens is 3. The summed E-state index contributed by atoms with van der Waals surface area (Å²) in [5.74, 6) is -2.11. The summed E-state index contributed by atoms with van der Waals surface area (Å²) < 4.78 is 37.6. The number of nitrogens with zero attached hydrogens (tertiary/aromatic N) is 3. The first kappa shape index (κ1) is 20.5. The maximum Gasteiger partial charge on any atom is 0.471 e. The van der Waals surface area contributed by atoms with Gasteiger partial charge in [0, 0.05) is 50.9 Å². The van der Waals surface area contributed by atoms with Crippen LogP contribution in [0.5, 0.6) is 0 Å². The fourth-order valence-electron chi connectivity index (χ4n) is 4.01. The molecule has 1 aromatic rings. The molecule has 0 saturated carbocycles. The van der Waals surface area contributed by atoms with Crippen LogP contribution in [-0.2, 0) is 9.59 Å². The second-order valence-electron chi connectivity index (χ2n) is 7.60. The lowest BCUT2D eigenvalue weighted by Crippen LogP contribution is -2.52. The summed E-state index contributed by atoms with van der Waals surface area (Å²) >= 11 is 0. The highest BCUT2D eigenvalue weighted by Gasteiger charge is 2.44. The standard InChI is InChI=1S/C20H26F3N3O2/c1-14-4-3-5-17(15(14)2)24-10-12-25(13-11-24)18(27)16-6-8-26(9-7-16)19(28)20(21,22)23/h3-5,16H,6-13H2,1-2H3. The van der Waals surface area contributed by atoms with Gasteiger partial charge in [-0.15, -0.1) is 0 Å². The summed E-state index contributed by atoms with van der Waals surface area (Å²) in [4.78, 5) is 29.0. The van der Waals surface area contributed by atoms with Crippen molar-refractivity contribution in [2.45, 2.75) is 32.9 Å². The summed E-state index contributed by atoms with van der Waals surface area (Å²) in [6, 6.07) is 6.20. The molecular formula is C20H26F3N3O2. The Labute approximate surface area is 163 Å². The van der Waals surface area contributed by atoms with Gasteiger partial charge in [0.1, 0.15) is 0 Å². The van der Waals surface area contributed by atoms with Crippen molar-refractivity contribution in [1.29, 1.82) is 0 Å². The smallest absolute Gasteiger partial charge is 0.368 e. The molecule has 0 aliphatic carbocycles. The first-order valence-electron chi connectivity index (χ1n) is 9.64. The average Bonchev–Trinajstić information content (AvgIpc) is 2.68. The lowest BCUT2D eigenvalue weighted by atomic mass is 9.94. The molecule has 2 amide bonds. The van der Waals surface area contributed by atoms with Gasteiger partial charge in [-0.05, 0) is 43.9 Å². The van der Waals surface area contributed by atoms with Gasteiger partial charge in [-0.2, -0.15) is 13.2 Å². The van der Waals surface area contributed by atoms with Crippen molar-refractivity contribution in [2.75, 3.05) is 44.2 Å². The Morgan fingerprint density at radius 1 is 0.929 bits per heavy atom. The fraction of sp³-hybridized carbons (Fsp3) is 0.600. The molecule has 2 aliphatic heterocycles. The number of piperazine rings is 1. The first-order valence-corrected chi connectivity index (χ1v) is 9.64. The highest BCUT2D eigenvalue weighted by atomic mass is 19.4. The number of aryl methyl sites for hydroxylation is 1. The molecular weight excluding hydrogens is 371 g/mol. The summed E-state index contributed by atoms with van der Waals surface area (Å²) in [7, 11) is 0. The van der Waals surface area contributed by atoms with E-state index >= 15 is 0 Å². The monoisotopic (exact) mass is 397 g/mol. The molecule has 0 N–H and O–H groups in total. The zero-order valence-electron chi connectivity index (χ0n) is 16.3. The third-order valence-electron chi connectivity index (χ3n) is 5.88. The van der Waals surface area contributed by atoms with Crippen molar-refractivity contribution >= 4 is 17.5 Å². The molecule has 2 aliphatic rings. The average molecular weight is 397 g/mol. The number of rotatable bonds is 2. The van der Waals surface area contributed by atoms with Crippen LogP contribution in [0, 0.1) is 19.8 Å². The van der Waals surface area contributed by atoms with Gasteiger partial charge < -0.3 is 14.7 Å². The first-order chi connectivity index (χ1) is 13.2. The maximum absolute atomic E-state index is 12.8. The number of carbonyl (C=O) groups excluding carboxylic acids is 2. The molecule has 0 radical (unpaired) electrons. The lowest BCUT2D eigenvalue weighted by molar-refractivity contribution is -0.187. The minimum atomic E-state index is -4.85. The number of anilines is 1. The molecule has 28 heavy (non-hydrogen) atoms.